The van der Waals surface area contributed by atoms with E-state index in [-0.39, 0.29) is 22.9 Å². The number of rotatable bonds is 2. The summed E-state index contributed by atoms with van der Waals surface area (Å²) >= 11 is 0. The smallest absolute Gasteiger partial charge is 0.263 e. The number of H-pyrrole nitrogens is 1. The summed E-state index contributed by atoms with van der Waals surface area (Å²) in [5.74, 6) is 0.112. The molecule has 1 atom stereocenters. The number of fused-ring (bicyclic) bond motifs is 1. The fraction of sp³-hybridized carbons (Fsp3) is 0.333. The Labute approximate surface area is 135 Å². The van der Waals surface area contributed by atoms with Crippen molar-refractivity contribution >= 4 is 17.3 Å². The minimum absolute atomic E-state index is 0.151. The van der Waals surface area contributed by atoms with Crippen LogP contribution in [0, 0.1) is 12.8 Å². The van der Waals surface area contributed by atoms with Gasteiger partial charge < -0.3 is 15.2 Å². The maximum Gasteiger partial charge on any atom is 0.263 e. The number of aryl methyl sites for hydroxylation is 1. The highest BCUT2D eigenvalue weighted by atomic mass is 16.2. The maximum atomic E-state index is 12.9. The standard InChI is InChI=1S/C18H21N3O2/c1-11(2)15-10-21(16-7-5-4-6-14(16)20-15)18(23)13-9-19-12(3)8-17(13)22/h4-9,11,15,20H,10H2,1-3H3,(H,19,22)/t15-/m1/s1. The van der Waals surface area contributed by atoms with Crippen LogP contribution in [0.5, 0.6) is 0 Å². The molecule has 5 nitrogen and oxygen atoms in total. The fourth-order valence-electron chi connectivity index (χ4n) is 2.83. The number of benzene rings is 1. The van der Waals surface area contributed by atoms with Gasteiger partial charge in [0.1, 0.15) is 5.56 Å². The van der Waals surface area contributed by atoms with Gasteiger partial charge in [-0.3, -0.25) is 9.59 Å². The monoisotopic (exact) mass is 311 g/mol. The maximum absolute atomic E-state index is 12.9. The number of aromatic nitrogens is 1. The zero-order chi connectivity index (χ0) is 16.6. The van der Waals surface area contributed by atoms with Gasteiger partial charge in [-0.05, 0) is 25.0 Å². The van der Waals surface area contributed by atoms with Crippen LogP contribution in [-0.2, 0) is 0 Å². The first-order chi connectivity index (χ1) is 11.0. The van der Waals surface area contributed by atoms with Gasteiger partial charge in [-0.2, -0.15) is 0 Å². The number of carbonyl (C=O) groups excluding carboxylic acids is 1. The number of hydrogen-bond acceptors (Lipinski definition) is 3. The third-order valence-corrected chi connectivity index (χ3v) is 4.25. The molecular weight excluding hydrogens is 290 g/mol. The van der Waals surface area contributed by atoms with E-state index in [1.54, 1.807) is 11.8 Å². The summed E-state index contributed by atoms with van der Waals surface area (Å²) in [4.78, 5) is 29.8. The van der Waals surface area contributed by atoms with Gasteiger partial charge in [0, 0.05) is 30.5 Å². The summed E-state index contributed by atoms with van der Waals surface area (Å²) in [5, 5.41) is 3.48. The number of pyridine rings is 1. The Morgan fingerprint density at radius 1 is 1.30 bits per heavy atom. The molecule has 3 rings (SSSR count). The molecule has 2 aromatic rings. The number of hydrogen-bond donors (Lipinski definition) is 2. The molecule has 23 heavy (non-hydrogen) atoms. The second-order valence-corrected chi connectivity index (χ2v) is 6.32. The molecule has 1 aliphatic rings. The summed E-state index contributed by atoms with van der Waals surface area (Å²) in [6, 6.07) is 9.31. The molecule has 1 aliphatic heterocycles. The van der Waals surface area contributed by atoms with Crippen LogP contribution in [0.2, 0.25) is 0 Å². The molecular formula is C18H21N3O2. The van der Waals surface area contributed by atoms with Crippen molar-refractivity contribution in [3.8, 4) is 0 Å². The molecule has 1 amide bonds. The number of amides is 1. The van der Waals surface area contributed by atoms with Gasteiger partial charge in [0.05, 0.1) is 11.4 Å². The molecule has 0 saturated carbocycles. The largest absolute Gasteiger partial charge is 0.379 e. The van der Waals surface area contributed by atoms with Gasteiger partial charge in [0.25, 0.3) is 5.91 Å². The lowest BCUT2D eigenvalue weighted by Crippen LogP contribution is -2.47. The van der Waals surface area contributed by atoms with E-state index >= 15 is 0 Å². The number of nitrogens with one attached hydrogen (secondary N) is 2. The van der Waals surface area contributed by atoms with Gasteiger partial charge in [0.15, 0.2) is 5.43 Å². The molecule has 0 unspecified atom stereocenters. The van der Waals surface area contributed by atoms with Crippen LogP contribution >= 0.6 is 0 Å². The molecule has 1 aromatic carbocycles. The predicted octanol–water partition coefficient (Wildman–Crippen LogP) is 2.78. The zero-order valence-electron chi connectivity index (χ0n) is 13.6. The van der Waals surface area contributed by atoms with Gasteiger partial charge in [-0.1, -0.05) is 26.0 Å². The van der Waals surface area contributed by atoms with Gasteiger partial charge in [-0.15, -0.1) is 0 Å². The molecule has 0 saturated heterocycles. The molecule has 0 spiro atoms. The molecule has 2 heterocycles. The lowest BCUT2D eigenvalue weighted by Gasteiger charge is -2.37. The van der Waals surface area contributed by atoms with E-state index in [1.165, 1.54) is 12.3 Å². The Morgan fingerprint density at radius 3 is 2.74 bits per heavy atom. The summed E-state index contributed by atoms with van der Waals surface area (Å²) in [7, 11) is 0. The first-order valence-corrected chi connectivity index (χ1v) is 7.84. The molecule has 120 valence electrons. The molecule has 0 radical (unpaired) electrons. The van der Waals surface area contributed by atoms with E-state index in [2.05, 4.69) is 24.1 Å². The Bertz CT molecular complexity index is 795. The highest BCUT2D eigenvalue weighted by Gasteiger charge is 2.30. The average molecular weight is 311 g/mol. The van der Waals surface area contributed by atoms with Crippen molar-refractivity contribution in [2.45, 2.75) is 26.8 Å². The summed E-state index contributed by atoms with van der Waals surface area (Å²) in [5.41, 5.74) is 2.41. The van der Waals surface area contributed by atoms with Crippen LogP contribution in [0.3, 0.4) is 0 Å². The third kappa shape index (κ3) is 2.86. The number of nitrogens with zero attached hydrogens (tertiary/aromatic N) is 1. The molecule has 5 heteroatoms. The lowest BCUT2D eigenvalue weighted by atomic mass is 9.99. The minimum Gasteiger partial charge on any atom is -0.379 e. The molecule has 0 bridgehead atoms. The second kappa shape index (κ2) is 5.91. The van der Waals surface area contributed by atoms with Crippen LogP contribution in [0.25, 0.3) is 0 Å². The van der Waals surface area contributed by atoms with Gasteiger partial charge in [0.2, 0.25) is 0 Å². The number of anilines is 2. The minimum atomic E-state index is -0.258. The highest BCUT2D eigenvalue weighted by molar-refractivity contribution is 6.08. The van der Waals surface area contributed by atoms with E-state index in [0.717, 1.165) is 17.1 Å². The molecule has 0 aliphatic carbocycles. The fourth-order valence-corrected chi connectivity index (χ4v) is 2.83. The first kappa shape index (κ1) is 15.3. The third-order valence-electron chi connectivity index (χ3n) is 4.25. The van der Waals surface area contributed by atoms with Gasteiger partial charge >= 0.3 is 0 Å². The van der Waals surface area contributed by atoms with Crippen molar-refractivity contribution in [1.29, 1.82) is 0 Å². The molecule has 1 aromatic heterocycles. The topological polar surface area (TPSA) is 65.2 Å². The zero-order valence-corrected chi connectivity index (χ0v) is 13.6. The van der Waals surface area contributed by atoms with Crippen molar-refractivity contribution in [3.63, 3.8) is 0 Å². The van der Waals surface area contributed by atoms with E-state index in [4.69, 9.17) is 0 Å². The Hall–Kier alpha value is -2.56. The SMILES string of the molecule is Cc1cc(=O)c(C(=O)N2C[C@H](C(C)C)Nc3ccccc32)c[nH]1. The summed E-state index contributed by atoms with van der Waals surface area (Å²) < 4.78 is 0. The van der Waals surface area contributed by atoms with E-state index in [1.807, 2.05) is 24.3 Å². The van der Waals surface area contributed by atoms with Crippen LogP contribution in [0.1, 0.15) is 29.9 Å². The van der Waals surface area contributed by atoms with Crippen molar-refractivity contribution in [2.24, 2.45) is 5.92 Å². The lowest BCUT2D eigenvalue weighted by molar-refractivity contribution is 0.0982. The van der Waals surface area contributed by atoms with E-state index in [9.17, 15) is 9.59 Å². The van der Waals surface area contributed by atoms with Crippen LogP contribution < -0.4 is 15.6 Å². The summed E-state index contributed by atoms with van der Waals surface area (Å²) in [6.45, 7) is 6.57. The number of carbonyl (C=O) groups is 1. The Morgan fingerprint density at radius 2 is 2.04 bits per heavy atom. The average Bonchev–Trinajstić information content (AvgIpc) is 2.53. The number of para-hydroxylation sites is 2. The first-order valence-electron chi connectivity index (χ1n) is 7.84. The van der Waals surface area contributed by atoms with Crippen LogP contribution in [-0.4, -0.2) is 23.5 Å². The van der Waals surface area contributed by atoms with E-state index in [0.29, 0.717) is 12.5 Å². The molecule has 0 fully saturated rings. The van der Waals surface area contributed by atoms with Crippen molar-refractivity contribution in [3.05, 3.63) is 58.0 Å². The normalized spacial score (nSPS) is 16.9. The summed E-state index contributed by atoms with van der Waals surface area (Å²) in [6.07, 6.45) is 1.51. The van der Waals surface area contributed by atoms with Crippen molar-refractivity contribution in [1.82, 2.24) is 4.98 Å². The highest BCUT2D eigenvalue weighted by Crippen LogP contribution is 2.32. The van der Waals surface area contributed by atoms with Crippen LogP contribution in [0.4, 0.5) is 11.4 Å². The predicted molar refractivity (Wildman–Crippen MR) is 92.2 cm³/mol. The second-order valence-electron chi connectivity index (χ2n) is 6.32. The van der Waals surface area contributed by atoms with Gasteiger partial charge in [-0.25, -0.2) is 0 Å². The quantitative estimate of drug-likeness (QED) is 0.896. The molecule has 2 N–H and O–H groups in total. The van der Waals surface area contributed by atoms with Crippen molar-refractivity contribution in [2.75, 3.05) is 16.8 Å². The van der Waals surface area contributed by atoms with Crippen LogP contribution in [0.15, 0.2) is 41.3 Å². The number of aromatic amines is 1. The Balaban J connectivity index is 2.03. The van der Waals surface area contributed by atoms with Crippen molar-refractivity contribution < 1.29 is 4.79 Å². The Kier molecular flexibility index (Phi) is 3.94. The van der Waals surface area contributed by atoms with E-state index < -0.39 is 0 Å².